The van der Waals surface area contributed by atoms with Gasteiger partial charge in [-0.3, -0.25) is 14.3 Å². The van der Waals surface area contributed by atoms with E-state index in [1.165, 1.54) is 0 Å². The fourth-order valence-electron chi connectivity index (χ4n) is 3.78. The molecule has 2 aliphatic rings. The van der Waals surface area contributed by atoms with Gasteiger partial charge in [0.05, 0.1) is 11.6 Å². The molecule has 24 heavy (non-hydrogen) atoms. The molecule has 2 saturated heterocycles. The molecule has 1 aromatic heterocycles. The van der Waals surface area contributed by atoms with Crippen molar-refractivity contribution in [1.82, 2.24) is 20.0 Å². The van der Waals surface area contributed by atoms with Gasteiger partial charge < -0.3 is 10.2 Å². The van der Waals surface area contributed by atoms with E-state index in [0.717, 1.165) is 31.4 Å². The Bertz CT molecular complexity index is 623. The van der Waals surface area contributed by atoms with E-state index in [0.29, 0.717) is 31.2 Å². The third kappa shape index (κ3) is 3.47. The van der Waals surface area contributed by atoms with Crippen LogP contribution in [0.15, 0.2) is 6.07 Å². The Morgan fingerprint density at radius 3 is 2.88 bits per heavy atom. The van der Waals surface area contributed by atoms with Gasteiger partial charge in [0.25, 0.3) is 5.91 Å². The first kappa shape index (κ1) is 17.0. The highest BCUT2D eigenvalue weighted by atomic mass is 16.2. The zero-order chi connectivity index (χ0) is 17.3. The number of aromatic nitrogens is 2. The summed E-state index contributed by atoms with van der Waals surface area (Å²) in [7, 11) is 0. The van der Waals surface area contributed by atoms with Gasteiger partial charge in [-0.15, -0.1) is 0 Å². The molecule has 2 aliphatic heterocycles. The highest BCUT2D eigenvalue weighted by molar-refractivity contribution is 5.93. The summed E-state index contributed by atoms with van der Waals surface area (Å²) in [5.41, 5.74) is 1.62. The number of likely N-dealkylation sites (tertiary alicyclic amines) is 1. The summed E-state index contributed by atoms with van der Waals surface area (Å²) >= 11 is 0. The van der Waals surface area contributed by atoms with Gasteiger partial charge in [-0.1, -0.05) is 20.3 Å². The van der Waals surface area contributed by atoms with E-state index in [1.54, 1.807) is 4.68 Å². The third-order valence-electron chi connectivity index (χ3n) is 4.96. The fourth-order valence-corrected chi connectivity index (χ4v) is 3.78. The van der Waals surface area contributed by atoms with Crippen molar-refractivity contribution in [1.29, 1.82) is 0 Å². The number of hydrogen-bond donors (Lipinski definition) is 1. The molecule has 6 heteroatoms. The molecular formula is C18H28N4O2. The average Bonchev–Trinajstić information content (AvgIpc) is 2.73. The third-order valence-corrected chi connectivity index (χ3v) is 4.96. The molecule has 0 saturated carbocycles. The van der Waals surface area contributed by atoms with Gasteiger partial charge in [-0.25, -0.2) is 0 Å². The molecule has 0 aromatic carbocycles. The number of carbonyl (C=O) groups excluding carboxylic acids is 2. The van der Waals surface area contributed by atoms with Gasteiger partial charge in [0, 0.05) is 25.7 Å². The first-order valence-electron chi connectivity index (χ1n) is 9.14. The maximum absolute atomic E-state index is 13.1. The van der Waals surface area contributed by atoms with Crippen LogP contribution in [-0.2, 0) is 17.8 Å². The Morgan fingerprint density at radius 2 is 2.17 bits per heavy atom. The van der Waals surface area contributed by atoms with Gasteiger partial charge in [0.2, 0.25) is 5.91 Å². The summed E-state index contributed by atoms with van der Waals surface area (Å²) in [5, 5.41) is 7.66. The second-order valence-electron chi connectivity index (χ2n) is 7.48. The van der Waals surface area contributed by atoms with E-state index in [1.807, 2.05) is 17.9 Å². The minimum absolute atomic E-state index is 0.00718. The summed E-state index contributed by atoms with van der Waals surface area (Å²) in [6, 6.07) is 2.02. The van der Waals surface area contributed by atoms with Crippen molar-refractivity contribution in [3.05, 3.63) is 17.5 Å². The molecule has 3 rings (SSSR count). The van der Waals surface area contributed by atoms with Crippen molar-refractivity contribution >= 4 is 11.8 Å². The minimum atomic E-state index is -0.0745. The lowest BCUT2D eigenvalue weighted by atomic mass is 9.99. The lowest BCUT2D eigenvalue weighted by molar-refractivity contribution is -0.124. The van der Waals surface area contributed by atoms with Gasteiger partial charge in [0.1, 0.15) is 5.69 Å². The van der Waals surface area contributed by atoms with E-state index in [2.05, 4.69) is 24.3 Å². The van der Waals surface area contributed by atoms with Crippen LogP contribution in [0.2, 0.25) is 0 Å². The number of nitrogens with one attached hydrogen (secondary N) is 1. The molecular weight excluding hydrogens is 304 g/mol. The highest BCUT2D eigenvalue weighted by Gasteiger charge is 2.35. The van der Waals surface area contributed by atoms with Crippen molar-refractivity contribution in [3.63, 3.8) is 0 Å². The van der Waals surface area contributed by atoms with Gasteiger partial charge in [-0.05, 0) is 38.2 Å². The van der Waals surface area contributed by atoms with Gasteiger partial charge >= 0.3 is 0 Å². The van der Waals surface area contributed by atoms with Crippen molar-refractivity contribution in [2.75, 3.05) is 13.1 Å². The standard InChI is InChI=1S/C18H28N4O2/c1-4-22-16(9-15(20-22)8-12(2)3)18(24)21-10-13-6-5-7-14(11-21)19-17(13)23/h9,12-14H,4-8,10-11H2,1-3H3,(H,19,23). The largest absolute Gasteiger partial charge is 0.351 e. The minimum Gasteiger partial charge on any atom is -0.351 e. The normalized spacial score (nSPS) is 24.0. The number of fused-ring (bicyclic) bond motifs is 3. The quantitative estimate of drug-likeness (QED) is 0.915. The predicted octanol–water partition coefficient (Wildman–Crippen LogP) is 1.84. The molecule has 2 atom stereocenters. The zero-order valence-corrected chi connectivity index (χ0v) is 14.9. The maximum Gasteiger partial charge on any atom is 0.272 e. The summed E-state index contributed by atoms with van der Waals surface area (Å²) in [6.45, 7) is 8.12. The second-order valence-corrected chi connectivity index (χ2v) is 7.48. The number of nitrogens with zero attached hydrogens (tertiary/aromatic N) is 3. The van der Waals surface area contributed by atoms with Crippen molar-refractivity contribution < 1.29 is 9.59 Å². The van der Waals surface area contributed by atoms with E-state index in [4.69, 9.17) is 0 Å². The van der Waals surface area contributed by atoms with Crippen LogP contribution in [0.1, 0.15) is 56.2 Å². The lowest BCUT2D eigenvalue weighted by Crippen LogP contribution is -2.42. The van der Waals surface area contributed by atoms with Crippen molar-refractivity contribution in [2.24, 2.45) is 11.8 Å². The monoisotopic (exact) mass is 332 g/mol. The molecule has 1 aromatic rings. The van der Waals surface area contributed by atoms with E-state index < -0.39 is 0 Å². The Balaban J connectivity index is 1.83. The highest BCUT2D eigenvalue weighted by Crippen LogP contribution is 2.23. The van der Waals surface area contributed by atoms with Crippen LogP contribution in [-0.4, -0.2) is 45.6 Å². The summed E-state index contributed by atoms with van der Waals surface area (Å²) in [6.07, 6.45) is 3.76. The van der Waals surface area contributed by atoms with Crippen LogP contribution in [0.4, 0.5) is 0 Å². The molecule has 2 fully saturated rings. The Labute approximate surface area is 143 Å². The summed E-state index contributed by atoms with van der Waals surface area (Å²) < 4.78 is 1.80. The molecule has 3 heterocycles. The smallest absolute Gasteiger partial charge is 0.272 e. The van der Waals surface area contributed by atoms with Crippen LogP contribution in [0.5, 0.6) is 0 Å². The number of amides is 2. The first-order valence-corrected chi connectivity index (χ1v) is 9.14. The SMILES string of the molecule is CCn1nc(CC(C)C)cc1C(=O)N1CC2CCCC(C1)C(=O)N2. The zero-order valence-electron chi connectivity index (χ0n) is 14.9. The van der Waals surface area contributed by atoms with E-state index in [9.17, 15) is 9.59 Å². The second kappa shape index (κ2) is 6.95. The summed E-state index contributed by atoms with van der Waals surface area (Å²) in [4.78, 5) is 27.1. The number of aryl methyl sites for hydroxylation is 1. The van der Waals surface area contributed by atoms with Crippen LogP contribution < -0.4 is 5.32 Å². The Hall–Kier alpha value is -1.85. The number of rotatable bonds is 4. The van der Waals surface area contributed by atoms with Crippen LogP contribution >= 0.6 is 0 Å². The van der Waals surface area contributed by atoms with E-state index >= 15 is 0 Å². The van der Waals surface area contributed by atoms with Crippen LogP contribution in [0, 0.1) is 11.8 Å². The molecule has 1 N–H and O–H groups in total. The lowest BCUT2D eigenvalue weighted by Gasteiger charge is -2.27. The average molecular weight is 332 g/mol. The molecule has 2 bridgehead atoms. The van der Waals surface area contributed by atoms with Crippen LogP contribution in [0.25, 0.3) is 0 Å². The molecule has 6 nitrogen and oxygen atoms in total. The fraction of sp³-hybridized carbons (Fsp3) is 0.722. The molecule has 0 spiro atoms. The molecule has 2 amide bonds. The Kier molecular flexibility index (Phi) is 4.92. The number of hydrogen-bond acceptors (Lipinski definition) is 3. The summed E-state index contributed by atoms with van der Waals surface area (Å²) in [5.74, 6) is 0.548. The topological polar surface area (TPSA) is 67.2 Å². The van der Waals surface area contributed by atoms with Crippen molar-refractivity contribution in [3.8, 4) is 0 Å². The Morgan fingerprint density at radius 1 is 1.38 bits per heavy atom. The van der Waals surface area contributed by atoms with E-state index in [-0.39, 0.29) is 23.8 Å². The first-order chi connectivity index (χ1) is 11.5. The van der Waals surface area contributed by atoms with Crippen molar-refractivity contribution in [2.45, 2.75) is 59.0 Å². The maximum atomic E-state index is 13.1. The predicted molar refractivity (Wildman–Crippen MR) is 91.6 cm³/mol. The molecule has 0 aliphatic carbocycles. The molecule has 0 radical (unpaired) electrons. The van der Waals surface area contributed by atoms with Gasteiger partial charge in [0.15, 0.2) is 0 Å². The molecule has 2 unspecified atom stereocenters. The number of carbonyl (C=O) groups is 2. The van der Waals surface area contributed by atoms with Crippen LogP contribution in [0.3, 0.4) is 0 Å². The van der Waals surface area contributed by atoms with Gasteiger partial charge in [-0.2, -0.15) is 5.10 Å². The molecule has 132 valence electrons.